The molecule has 152 valence electrons. The Morgan fingerprint density at radius 2 is 1.73 bits per heavy atom. The molecule has 3 aromatic carbocycles. The summed E-state index contributed by atoms with van der Waals surface area (Å²) in [7, 11) is 0. The first-order valence-corrected chi connectivity index (χ1v) is 11.0. The van der Waals surface area contributed by atoms with Crippen LogP contribution in [-0.4, -0.2) is 17.0 Å². The Balaban J connectivity index is 1.46. The minimum absolute atomic E-state index is 0.0610. The topological polar surface area (TPSA) is 34.0 Å². The summed E-state index contributed by atoms with van der Waals surface area (Å²) in [5.41, 5.74) is 2.25. The second kappa shape index (κ2) is 9.37. The fraction of sp³-hybridized carbons (Fsp3) is 0.125. The lowest BCUT2D eigenvalue weighted by Crippen LogP contribution is -2.27. The highest BCUT2D eigenvalue weighted by Crippen LogP contribution is 2.33. The Morgan fingerprint density at radius 1 is 1.00 bits per heavy atom. The molecule has 0 saturated carbocycles. The standard InChI is InChI=1S/C24H20ClFN2OS/c25-20-10-4-1-7-17(20)16-30-23-15-28(22-12-6-3-9-19(22)23)14-13-27-24(29)18-8-2-5-11-21(18)26/h1-12,15H,13-14,16H2,(H,27,29). The van der Waals surface area contributed by atoms with Crippen molar-refractivity contribution in [2.75, 3.05) is 6.54 Å². The molecule has 4 aromatic rings. The maximum Gasteiger partial charge on any atom is 0.254 e. The number of fused-ring (bicyclic) bond motifs is 1. The monoisotopic (exact) mass is 438 g/mol. The van der Waals surface area contributed by atoms with E-state index in [1.165, 1.54) is 12.1 Å². The van der Waals surface area contributed by atoms with Crippen molar-refractivity contribution in [3.05, 3.63) is 101 Å². The van der Waals surface area contributed by atoms with E-state index in [0.29, 0.717) is 13.1 Å². The van der Waals surface area contributed by atoms with Gasteiger partial charge in [0.25, 0.3) is 5.91 Å². The van der Waals surface area contributed by atoms with Crippen LogP contribution in [-0.2, 0) is 12.3 Å². The number of hydrogen-bond donors (Lipinski definition) is 1. The molecular formula is C24H20ClFN2OS. The van der Waals surface area contributed by atoms with Gasteiger partial charge in [-0.1, -0.05) is 60.1 Å². The van der Waals surface area contributed by atoms with E-state index in [1.807, 2.05) is 36.4 Å². The van der Waals surface area contributed by atoms with Crippen molar-refractivity contribution in [2.45, 2.75) is 17.2 Å². The van der Waals surface area contributed by atoms with E-state index < -0.39 is 11.7 Å². The number of benzene rings is 3. The van der Waals surface area contributed by atoms with Gasteiger partial charge in [-0.05, 0) is 29.8 Å². The van der Waals surface area contributed by atoms with Gasteiger partial charge in [0.05, 0.1) is 5.56 Å². The van der Waals surface area contributed by atoms with Crippen LogP contribution in [0.5, 0.6) is 0 Å². The molecule has 0 fully saturated rings. The summed E-state index contributed by atoms with van der Waals surface area (Å²) in [6, 6.07) is 22.0. The minimum atomic E-state index is -0.514. The van der Waals surface area contributed by atoms with Crippen LogP contribution in [0, 0.1) is 5.82 Å². The molecule has 30 heavy (non-hydrogen) atoms. The molecule has 0 unspecified atom stereocenters. The molecule has 0 aliphatic rings. The fourth-order valence-corrected chi connectivity index (χ4v) is 4.69. The van der Waals surface area contributed by atoms with Crippen molar-refractivity contribution in [1.82, 2.24) is 9.88 Å². The molecule has 3 nitrogen and oxygen atoms in total. The Bertz CT molecular complexity index is 1190. The molecule has 1 heterocycles. The van der Waals surface area contributed by atoms with E-state index >= 15 is 0 Å². The molecule has 0 radical (unpaired) electrons. The summed E-state index contributed by atoms with van der Waals surface area (Å²) in [6.45, 7) is 0.994. The lowest BCUT2D eigenvalue weighted by Gasteiger charge is -2.08. The molecule has 4 rings (SSSR count). The second-order valence-electron chi connectivity index (χ2n) is 6.82. The number of carbonyl (C=O) groups excluding carboxylic acids is 1. The Morgan fingerprint density at radius 3 is 2.57 bits per heavy atom. The first-order chi connectivity index (χ1) is 14.6. The van der Waals surface area contributed by atoms with Crippen LogP contribution in [0.3, 0.4) is 0 Å². The van der Waals surface area contributed by atoms with Gasteiger partial charge in [0.2, 0.25) is 0 Å². The van der Waals surface area contributed by atoms with Gasteiger partial charge in [-0.25, -0.2) is 4.39 Å². The lowest BCUT2D eigenvalue weighted by atomic mass is 10.2. The summed E-state index contributed by atoms with van der Waals surface area (Å²) in [5.74, 6) is -0.143. The third-order valence-corrected chi connectivity index (χ3v) is 6.31. The predicted molar refractivity (Wildman–Crippen MR) is 122 cm³/mol. The number of rotatable bonds is 7. The van der Waals surface area contributed by atoms with E-state index in [2.05, 4.69) is 28.2 Å². The third-order valence-electron chi connectivity index (χ3n) is 4.85. The van der Waals surface area contributed by atoms with E-state index in [4.69, 9.17) is 11.6 Å². The highest BCUT2D eigenvalue weighted by molar-refractivity contribution is 7.98. The van der Waals surface area contributed by atoms with Gasteiger partial charge < -0.3 is 9.88 Å². The third kappa shape index (κ3) is 4.53. The van der Waals surface area contributed by atoms with Gasteiger partial charge >= 0.3 is 0 Å². The predicted octanol–water partition coefficient (Wildman–Crippen LogP) is 6.16. The molecule has 6 heteroatoms. The van der Waals surface area contributed by atoms with E-state index in [1.54, 1.807) is 23.9 Å². The Labute approximate surface area is 183 Å². The van der Waals surface area contributed by atoms with Crippen molar-refractivity contribution >= 4 is 40.2 Å². The van der Waals surface area contributed by atoms with Crippen LogP contribution in [0.1, 0.15) is 15.9 Å². The smallest absolute Gasteiger partial charge is 0.254 e. The average Bonchev–Trinajstić information content (AvgIpc) is 3.11. The van der Waals surface area contributed by atoms with Crippen molar-refractivity contribution in [3.8, 4) is 0 Å². The summed E-state index contributed by atoms with van der Waals surface area (Å²) >= 11 is 8.02. The molecule has 1 amide bonds. The van der Waals surface area contributed by atoms with Crippen molar-refractivity contribution in [2.24, 2.45) is 0 Å². The van der Waals surface area contributed by atoms with Gasteiger partial charge in [0.15, 0.2) is 0 Å². The molecule has 0 aliphatic carbocycles. The summed E-state index contributed by atoms with van der Waals surface area (Å²) in [6.07, 6.45) is 2.10. The largest absolute Gasteiger partial charge is 0.350 e. The number of hydrogen-bond acceptors (Lipinski definition) is 2. The SMILES string of the molecule is O=C(NCCn1cc(SCc2ccccc2Cl)c2ccccc21)c1ccccc1F. The van der Waals surface area contributed by atoms with Gasteiger partial charge in [-0.3, -0.25) is 4.79 Å². The van der Waals surface area contributed by atoms with Gasteiger partial charge in [0.1, 0.15) is 5.82 Å². The summed E-state index contributed by atoms with van der Waals surface area (Å²) in [4.78, 5) is 13.4. The highest BCUT2D eigenvalue weighted by atomic mass is 35.5. The lowest BCUT2D eigenvalue weighted by molar-refractivity contribution is 0.0948. The molecule has 0 saturated heterocycles. The van der Waals surface area contributed by atoms with Gasteiger partial charge in [-0.2, -0.15) is 0 Å². The summed E-state index contributed by atoms with van der Waals surface area (Å²) in [5, 5.41) is 4.73. The van der Waals surface area contributed by atoms with Crippen LogP contribution in [0.25, 0.3) is 10.9 Å². The number of nitrogens with one attached hydrogen (secondary N) is 1. The molecule has 1 N–H and O–H groups in total. The number of carbonyl (C=O) groups is 1. The number of thioether (sulfide) groups is 1. The number of halogens is 2. The molecule has 1 aromatic heterocycles. The second-order valence-corrected chi connectivity index (χ2v) is 8.24. The maximum atomic E-state index is 13.8. The van der Waals surface area contributed by atoms with Gasteiger partial charge in [0, 0.05) is 45.9 Å². The molecule has 0 aliphatic heterocycles. The minimum Gasteiger partial charge on any atom is -0.350 e. The summed E-state index contributed by atoms with van der Waals surface area (Å²) < 4.78 is 15.9. The quantitative estimate of drug-likeness (QED) is 0.351. The normalized spacial score (nSPS) is 11.0. The van der Waals surface area contributed by atoms with E-state index in [0.717, 1.165) is 32.1 Å². The zero-order chi connectivity index (χ0) is 20.9. The number of aromatic nitrogens is 1. The van der Waals surface area contributed by atoms with Gasteiger partial charge in [-0.15, -0.1) is 11.8 Å². The van der Waals surface area contributed by atoms with E-state index in [-0.39, 0.29) is 5.56 Å². The van der Waals surface area contributed by atoms with Crippen LogP contribution in [0.15, 0.2) is 83.9 Å². The first kappa shape index (κ1) is 20.5. The Kier molecular flexibility index (Phi) is 6.41. The highest BCUT2D eigenvalue weighted by Gasteiger charge is 2.12. The van der Waals surface area contributed by atoms with Crippen molar-refractivity contribution < 1.29 is 9.18 Å². The zero-order valence-electron chi connectivity index (χ0n) is 16.1. The van der Waals surface area contributed by atoms with E-state index in [9.17, 15) is 9.18 Å². The first-order valence-electron chi connectivity index (χ1n) is 9.60. The van der Waals surface area contributed by atoms with Crippen LogP contribution in [0.2, 0.25) is 5.02 Å². The number of nitrogens with zero attached hydrogens (tertiary/aromatic N) is 1. The number of amides is 1. The molecule has 0 atom stereocenters. The van der Waals surface area contributed by atoms with Crippen LogP contribution < -0.4 is 5.32 Å². The average molecular weight is 439 g/mol. The fourth-order valence-electron chi connectivity index (χ4n) is 3.31. The van der Waals surface area contributed by atoms with Crippen molar-refractivity contribution in [3.63, 3.8) is 0 Å². The Hall–Kier alpha value is -2.76. The molecule has 0 bridgehead atoms. The van der Waals surface area contributed by atoms with Crippen LogP contribution >= 0.6 is 23.4 Å². The number of para-hydroxylation sites is 1. The maximum absolute atomic E-state index is 13.8. The zero-order valence-corrected chi connectivity index (χ0v) is 17.7. The van der Waals surface area contributed by atoms with Crippen molar-refractivity contribution in [1.29, 1.82) is 0 Å². The van der Waals surface area contributed by atoms with Crippen LogP contribution in [0.4, 0.5) is 4.39 Å². The molecular weight excluding hydrogens is 419 g/mol. The molecule has 0 spiro atoms.